The van der Waals surface area contributed by atoms with Crippen LogP contribution in [-0.4, -0.2) is 35.2 Å². The smallest absolute Gasteiger partial charge is 0.320 e. The van der Waals surface area contributed by atoms with E-state index in [0.717, 1.165) is 19.5 Å². The van der Waals surface area contributed by atoms with Crippen molar-refractivity contribution < 1.29 is 9.32 Å². The van der Waals surface area contributed by atoms with Gasteiger partial charge in [0.15, 0.2) is 5.82 Å². The van der Waals surface area contributed by atoms with E-state index in [0.29, 0.717) is 18.1 Å². The van der Waals surface area contributed by atoms with E-state index in [2.05, 4.69) is 51.9 Å². The predicted molar refractivity (Wildman–Crippen MR) is 88.3 cm³/mol. The van der Waals surface area contributed by atoms with Gasteiger partial charge in [-0.15, -0.1) is 0 Å². The molecule has 0 bridgehead atoms. The molecular weight excluding hydrogens is 292 g/mol. The van der Waals surface area contributed by atoms with Crippen molar-refractivity contribution in [1.82, 2.24) is 15.4 Å². The summed E-state index contributed by atoms with van der Waals surface area (Å²) in [7, 11) is 0. The van der Waals surface area contributed by atoms with E-state index in [9.17, 15) is 4.79 Å². The van der Waals surface area contributed by atoms with Crippen LogP contribution in [0.1, 0.15) is 23.8 Å². The molecule has 1 atom stereocenters. The molecule has 0 radical (unpaired) electrons. The zero-order chi connectivity index (χ0) is 16.2. The minimum atomic E-state index is -0.262. The van der Waals surface area contributed by atoms with Gasteiger partial charge in [0.05, 0.1) is 0 Å². The molecule has 0 unspecified atom stereocenters. The van der Waals surface area contributed by atoms with Crippen LogP contribution in [0.3, 0.4) is 0 Å². The third kappa shape index (κ3) is 3.90. The van der Waals surface area contributed by atoms with Crippen molar-refractivity contribution in [2.75, 3.05) is 18.4 Å². The fraction of sp³-hybridized carbons (Fsp3) is 0.412. The Kier molecular flexibility index (Phi) is 4.62. The second kappa shape index (κ2) is 6.83. The summed E-state index contributed by atoms with van der Waals surface area (Å²) in [6.07, 6.45) is 1.06. The lowest BCUT2D eigenvalue weighted by Gasteiger charge is -2.33. The standard InChI is InChI=1S/C17H22N4O2/c1-12(10-18-17(22)19-16-9-13(2)23-20-16)21-8-7-14-5-3-4-6-15(14)11-21/h3-6,9,12H,7-8,10-11H2,1-2H3,(H2,18,19,20,22)/t12-/m1/s1. The van der Waals surface area contributed by atoms with Crippen molar-refractivity contribution in [3.05, 3.63) is 47.2 Å². The molecular formula is C17H22N4O2. The van der Waals surface area contributed by atoms with Crippen LogP contribution < -0.4 is 10.6 Å². The van der Waals surface area contributed by atoms with Crippen molar-refractivity contribution in [2.45, 2.75) is 32.9 Å². The number of hydrogen-bond donors (Lipinski definition) is 2. The fourth-order valence-electron chi connectivity index (χ4n) is 2.85. The number of benzene rings is 1. The molecule has 1 aliphatic rings. The van der Waals surface area contributed by atoms with Gasteiger partial charge in [-0.2, -0.15) is 0 Å². The lowest BCUT2D eigenvalue weighted by Crippen LogP contribution is -2.45. The molecule has 0 spiro atoms. The number of nitrogens with zero attached hydrogens (tertiary/aromatic N) is 2. The highest BCUT2D eigenvalue weighted by molar-refractivity contribution is 5.88. The molecule has 23 heavy (non-hydrogen) atoms. The molecule has 2 N–H and O–H groups in total. The van der Waals surface area contributed by atoms with Gasteiger partial charge in [-0.25, -0.2) is 4.79 Å². The zero-order valence-corrected chi connectivity index (χ0v) is 13.5. The topological polar surface area (TPSA) is 70.4 Å². The minimum absolute atomic E-state index is 0.262. The Balaban J connectivity index is 1.48. The molecule has 6 heteroatoms. The number of aryl methyl sites for hydroxylation is 1. The summed E-state index contributed by atoms with van der Waals surface area (Å²) in [6, 6.07) is 10.2. The average molecular weight is 314 g/mol. The van der Waals surface area contributed by atoms with E-state index in [1.54, 1.807) is 13.0 Å². The number of aromatic nitrogens is 1. The van der Waals surface area contributed by atoms with Crippen molar-refractivity contribution in [3.8, 4) is 0 Å². The van der Waals surface area contributed by atoms with Gasteiger partial charge >= 0.3 is 6.03 Å². The highest BCUT2D eigenvalue weighted by Crippen LogP contribution is 2.19. The lowest BCUT2D eigenvalue weighted by molar-refractivity contribution is 0.186. The normalized spacial score (nSPS) is 15.7. The zero-order valence-electron chi connectivity index (χ0n) is 13.5. The van der Waals surface area contributed by atoms with Gasteiger partial charge < -0.3 is 9.84 Å². The Morgan fingerprint density at radius 1 is 1.39 bits per heavy atom. The molecule has 1 aromatic carbocycles. The van der Waals surface area contributed by atoms with Crippen LogP contribution in [0.15, 0.2) is 34.9 Å². The second-order valence-corrected chi connectivity index (χ2v) is 6.00. The number of carbonyl (C=O) groups excluding carboxylic acids is 1. The highest BCUT2D eigenvalue weighted by Gasteiger charge is 2.20. The summed E-state index contributed by atoms with van der Waals surface area (Å²) in [6.45, 7) is 6.46. The maximum absolute atomic E-state index is 11.9. The number of urea groups is 1. The maximum Gasteiger partial charge on any atom is 0.320 e. The van der Waals surface area contributed by atoms with E-state index < -0.39 is 0 Å². The van der Waals surface area contributed by atoms with Gasteiger partial charge in [0.2, 0.25) is 0 Å². The largest absolute Gasteiger partial charge is 0.360 e. The van der Waals surface area contributed by atoms with E-state index >= 15 is 0 Å². The highest BCUT2D eigenvalue weighted by atomic mass is 16.5. The third-order valence-electron chi connectivity index (χ3n) is 4.21. The van der Waals surface area contributed by atoms with E-state index in [-0.39, 0.29) is 12.1 Å². The molecule has 1 aliphatic heterocycles. The minimum Gasteiger partial charge on any atom is -0.360 e. The Morgan fingerprint density at radius 2 is 2.17 bits per heavy atom. The van der Waals surface area contributed by atoms with Gasteiger partial charge in [0.1, 0.15) is 5.76 Å². The molecule has 2 aromatic rings. The van der Waals surface area contributed by atoms with Crippen LogP contribution in [0.25, 0.3) is 0 Å². The molecule has 122 valence electrons. The van der Waals surface area contributed by atoms with Gasteiger partial charge in [-0.1, -0.05) is 29.4 Å². The molecule has 1 aromatic heterocycles. The Labute approximate surface area is 135 Å². The number of hydrogen-bond acceptors (Lipinski definition) is 4. The SMILES string of the molecule is Cc1cc(NC(=O)NC[C@@H](C)N2CCc3ccccc3C2)no1. The summed E-state index contributed by atoms with van der Waals surface area (Å²) in [4.78, 5) is 14.3. The van der Waals surface area contributed by atoms with Gasteiger partial charge in [0.25, 0.3) is 0 Å². The number of nitrogens with one attached hydrogen (secondary N) is 2. The number of anilines is 1. The predicted octanol–water partition coefficient (Wildman–Crippen LogP) is 2.55. The van der Waals surface area contributed by atoms with Crippen LogP contribution >= 0.6 is 0 Å². The van der Waals surface area contributed by atoms with Gasteiger partial charge in [-0.05, 0) is 31.4 Å². The summed E-state index contributed by atoms with van der Waals surface area (Å²) in [5, 5.41) is 9.29. The van der Waals surface area contributed by atoms with E-state index in [1.807, 2.05) is 0 Å². The summed E-state index contributed by atoms with van der Waals surface area (Å²) >= 11 is 0. The van der Waals surface area contributed by atoms with E-state index in [1.165, 1.54) is 11.1 Å². The van der Waals surface area contributed by atoms with Crippen LogP contribution in [0.2, 0.25) is 0 Å². The van der Waals surface area contributed by atoms with Crippen molar-refractivity contribution >= 4 is 11.8 Å². The lowest BCUT2D eigenvalue weighted by atomic mass is 9.99. The van der Waals surface area contributed by atoms with Gasteiger partial charge in [0, 0.05) is 31.7 Å². The fourth-order valence-corrected chi connectivity index (χ4v) is 2.85. The summed E-state index contributed by atoms with van der Waals surface area (Å²) < 4.78 is 4.92. The Morgan fingerprint density at radius 3 is 2.91 bits per heavy atom. The monoisotopic (exact) mass is 314 g/mol. The second-order valence-electron chi connectivity index (χ2n) is 6.00. The first-order valence-electron chi connectivity index (χ1n) is 7.91. The molecule has 0 saturated carbocycles. The number of fused-ring (bicyclic) bond motifs is 1. The first-order chi connectivity index (χ1) is 11.1. The Hall–Kier alpha value is -2.34. The molecule has 0 aliphatic carbocycles. The van der Waals surface area contributed by atoms with Crippen molar-refractivity contribution in [1.29, 1.82) is 0 Å². The molecule has 0 fully saturated rings. The first-order valence-corrected chi connectivity index (χ1v) is 7.91. The Bertz CT molecular complexity index is 683. The summed E-state index contributed by atoms with van der Waals surface area (Å²) in [5.74, 6) is 1.10. The molecule has 2 heterocycles. The number of amides is 2. The van der Waals surface area contributed by atoms with Crippen LogP contribution in [0.5, 0.6) is 0 Å². The maximum atomic E-state index is 11.9. The van der Waals surface area contributed by atoms with Crippen molar-refractivity contribution in [3.63, 3.8) is 0 Å². The summed E-state index contributed by atoms with van der Waals surface area (Å²) in [5.41, 5.74) is 2.82. The molecule has 0 saturated heterocycles. The number of carbonyl (C=O) groups is 1. The molecule has 3 rings (SSSR count). The van der Waals surface area contributed by atoms with Crippen LogP contribution in [-0.2, 0) is 13.0 Å². The average Bonchev–Trinajstić information content (AvgIpc) is 2.97. The van der Waals surface area contributed by atoms with Crippen LogP contribution in [0.4, 0.5) is 10.6 Å². The number of rotatable bonds is 4. The quantitative estimate of drug-likeness (QED) is 0.910. The van der Waals surface area contributed by atoms with E-state index in [4.69, 9.17) is 4.52 Å². The van der Waals surface area contributed by atoms with Crippen molar-refractivity contribution in [2.24, 2.45) is 0 Å². The molecule has 6 nitrogen and oxygen atoms in total. The third-order valence-corrected chi connectivity index (χ3v) is 4.21. The van der Waals surface area contributed by atoms with Gasteiger partial charge in [-0.3, -0.25) is 10.2 Å². The first kappa shape index (κ1) is 15.6. The molecule has 2 amide bonds. The van der Waals surface area contributed by atoms with Crippen LogP contribution in [0, 0.1) is 6.92 Å².